The molecule has 0 saturated heterocycles. The van der Waals surface area contributed by atoms with Crippen LogP contribution in [0.15, 0.2) is 42.5 Å². The highest BCUT2D eigenvalue weighted by molar-refractivity contribution is 5.74. The van der Waals surface area contributed by atoms with E-state index in [1.54, 1.807) is 57.2 Å². The highest BCUT2D eigenvalue weighted by Gasteiger charge is 2.18. The molecule has 15 nitrogen and oxygen atoms in total. The smallest absolute Gasteiger partial charge is 0.466 e. The Hall–Kier alpha value is -5.60. The first-order valence-electron chi connectivity index (χ1n) is 18.9. The molecule has 0 aliphatic rings. The van der Waals surface area contributed by atoms with Crippen molar-refractivity contribution in [3.05, 3.63) is 53.6 Å². The van der Waals surface area contributed by atoms with Gasteiger partial charge in [-0.2, -0.15) is 0 Å². The molecule has 0 saturated carbocycles. The maximum atomic E-state index is 12.6. The van der Waals surface area contributed by atoms with Gasteiger partial charge in [0.2, 0.25) is 0 Å². The van der Waals surface area contributed by atoms with E-state index in [2.05, 4.69) is 0 Å². The third-order valence-electron chi connectivity index (χ3n) is 7.47. The number of hydrogen-bond acceptors (Lipinski definition) is 15. The van der Waals surface area contributed by atoms with Crippen molar-refractivity contribution in [2.75, 3.05) is 19.8 Å². The van der Waals surface area contributed by atoms with Gasteiger partial charge in [-0.3, -0.25) is 14.4 Å². The van der Waals surface area contributed by atoms with Crippen molar-refractivity contribution in [1.82, 2.24) is 0 Å². The van der Waals surface area contributed by atoms with Crippen LogP contribution in [0.2, 0.25) is 0 Å². The van der Waals surface area contributed by atoms with Gasteiger partial charge in [0.1, 0.15) is 35.6 Å². The minimum absolute atomic E-state index is 0.00646. The van der Waals surface area contributed by atoms with Gasteiger partial charge in [-0.15, -0.1) is 0 Å². The average molecular weight is 787 g/mol. The van der Waals surface area contributed by atoms with E-state index in [4.69, 9.17) is 42.6 Å². The SMILES string of the molecule is CCCC(=O)OCC[C@@H](C)OC(=O)Oc1ccc(/C=C/c2cc(OC(=O)O[C@H](C)CCOC(=O)CCC)cc(OC(=O)O[C@H](C)CCOC(=O)CCC)c2)cc1. The molecular weight excluding hydrogens is 732 g/mol. The lowest BCUT2D eigenvalue weighted by Crippen LogP contribution is -2.21. The minimum Gasteiger partial charge on any atom is -0.466 e. The summed E-state index contributed by atoms with van der Waals surface area (Å²) in [5, 5.41) is 0. The lowest BCUT2D eigenvalue weighted by Gasteiger charge is -2.15. The summed E-state index contributed by atoms with van der Waals surface area (Å²) in [6.45, 7) is 10.8. The second-order valence-corrected chi connectivity index (χ2v) is 12.8. The zero-order valence-electron chi connectivity index (χ0n) is 33.0. The van der Waals surface area contributed by atoms with Crippen LogP contribution in [0.3, 0.4) is 0 Å². The summed E-state index contributed by atoms with van der Waals surface area (Å²) >= 11 is 0. The lowest BCUT2D eigenvalue weighted by molar-refractivity contribution is -0.145. The summed E-state index contributed by atoms with van der Waals surface area (Å²) in [7, 11) is 0. The summed E-state index contributed by atoms with van der Waals surface area (Å²) in [5.41, 5.74) is 1.16. The van der Waals surface area contributed by atoms with Gasteiger partial charge >= 0.3 is 36.4 Å². The molecule has 56 heavy (non-hydrogen) atoms. The molecule has 2 aromatic carbocycles. The molecule has 0 N–H and O–H groups in total. The summed E-state index contributed by atoms with van der Waals surface area (Å²) in [6, 6.07) is 10.8. The zero-order valence-corrected chi connectivity index (χ0v) is 33.0. The standard InChI is InChI=1S/C41H54O15/c1-7-10-36(42)48-22-19-28(4)51-39(45)54-33-17-15-31(16-18-33)13-14-32-25-34(55-40(46)52-29(5)20-23-49-37(43)11-8-2)27-35(26-32)56-41(47)53-30(6)21-24-50-38(44)12-9-3/h13-18,25-30H,7-12,19-24H2,1-6H3/b14-13+/t28-,29-,30-/m1/s1. The number of rotatable bonds is 23. The number of esters is 3. The Kier molecular flexibility index (Phi) is 21.8. The molecule has 0 bridgehead atoms. The Morgan fingerprint density at radius 2 is 0.821 bits per heavy atom. The van der Waals surface area contributed by atoms with Crippen LogP contribution >= 0.6 is 0 Å². The van der Waals surface area contributed by atoms with Crippen LogP contribution in [0, 0.1) is 0 Å². The Labute approximate surface area is 327 Å². The summed E-state index contributed by atoms with van der Waals surface area (Å²) in [4.78, 5) is 72.2. The van der Waals surface area contributed by atoms with E-state index in [1.165, 1.54) is 18.2 Å². The van der Waals surface area contributed by atoms with Gasteiger partial charge in [-0.25, -0.2) is 14.4 Å². The second kappa shape index (κ2) is 26.2. The van der Waals surface area contributed by atoms with E-state index in [9.17, 15) is 28.8 Å². The van der Waals surface area contributed by atoms with Gasteiger partial charge in [0.25, 0.3) is 0 Å². The Morgan fingerprint density at radius 3 is 1.18 bits per heavy atom. The van der Waals surface area contributed by atoms with E-state index in [0.717, 1.165) is 0 Å². The largest absolute Gasteiger partial charge is 0.514 e. The topological polar surface area (TPSA) is 185 Å². The zero-order chi connectivity index (χ0) is 41.3. The van der Waals surface area contributed by atoms with Crippen LogP contribution in [-0.2, 0) is 42.8 Å². The molecule has 0 amide bonds. The van der Waals surface area contributed by atoms with Gasteiger partial charge in [0, 0.05) is 44.6 Å². The van der Waals surface area contributed by atoms with Gasteiger partial charge in [0.15, 0.2) is 0 Å². The molecule has 3 atom stereocenters. The molecule has 0 fully saturated rings. The van der Waals surface area contributed by atoms with E-state index in [-0.39, 0.29) is 67.8 Å². The lowest BCUT2D eigenvalue weighted by atomic mass is 10.1. The quantitative estimate of drug-likeness (QED) is 0.0450. The van der Waals surface area contributed by atoms with Crippen LogP contribution in [0.5, 0.6) is 17.2 Å². The molecule has 15 heteroatoms. The Balaban J connectivity index is 2.08. The molecule has 308 valence electrons. The summed E-state index contributed by atoms with van der Waals surface area (Å²) in [5.74, 6) is -0.751. The molecule has 0 radical (unpaired) electrons. The van der Waals surface area contributed by atoms with E-state index in [0.29, 0.717) is 56.1 Å². The van der Waals surface area contributed by atoms with Gasteiger partial charge in [0.05, 0.1) is 19.8 Å². The van der Waals surface area contributed by atoms with Crippen molar-refractivity contribution in [2.45, 2.75) is 118 Å². The highest BCUT2D eigenvalue weighted by Crippen LogP contribution is 2.26. The molecule has 2 aromatic rings. The molecule has 2 rings (SSSR count). The Bertz CT molecular complexity index is 1520. The number of hydrogen-bond donors (Lipinski definition) is 0. The van der Waals surface area contributed by atoms with Gasteiger partial charge in [-0.05, 0) is 75.4 Å². The molecule has 0 aromatic heterocycles. The first kappa shape index (κ1) is 46.6. The molecule has 0 aliphatic carbocycles. The van der Waals surface area contributed by atoms with Crippen molar-refractivity contribution < 1.29 is 71.4 Å². The van der Waals surface area contributed by atoms with Gasteiger partial charge in [-0.1, -0.05) is 45.1 Å². The second-order valence-electron chi connectivity index (χ2n) is 12.8. The normalized spacial score (nSPS) is 12.4. The molecule has 0 spiro atoms. The highest BCUT2D eigenvalue weighted by atomic mass is 16.7. The number of carbonyl (C=O) groups is 6. The molecular formula is C41H54O15. The molecule has 0 aliphatic heterocycles. The van der Waals surface area contributed by atoms with Crippen LogP contribution in [0.25, 0.3) is 12.2 Å². The van der Waals surface area contributed by atoms with Crippen LogP contribution < -0.4 is 14.2 Å². The van der Waals surface area contributed by atoms with Crippen molar-refractivity contribution in [3.8, 4) is 17.2 Å². The van der Waals surface area contributed by atoms with Crippen LogP contribution in [0.4, 0.5) is 14.4 Å². The minimum atomic E-state index is -1.03. The predicted molar refractivity (Wildman–Crippen MR) is 203 cm³/mol. The number of ether oxygens (including phenoxy) is 9. The van der Waals surface area contributed by atoms with Crippen molar-refractivity contribution in [1.29, 1.82) is 0 Å². The summed E-state index contributed by atoms with van der Waals surface area (Å²) < 4.78 is 47.2. The summed E-state index contributed by atoms with van der Waals surface area (Å²) in [6.07, 6.45) is 2.37. The maximum absolute atomic E-state index is 12.6. The molecule has 0 heterocycles. The van der Waals surface area contributed by atoms with Crippen molar-refractivity contribution in [2.24, 2.45) is 0 Å². The van der Waals surface area contributed by atoms with Crippen LogP contribution in [0.1, 0.15) is 110 Å². The fraction of sp³-hybridized carbons (Fsp3) is 0.512. The van der Waals surface area contributed by atoms with E-state index >= 15 is 0 Å². The number of carbonyl (C=O) groups excluding carboxylic acids is 6. The average Bonchev–Trinajstić information content (AvgIpc) is 3.11. The monoisotopic (exact) mass is 786 g/mol. The first-order chi connectivity index (χ1) is 26.8. The van der Waals surface area contributed by atoms with Crippen molar-refractivity contribution >= 4 is 48.5 Å². The van der Waals surface area contributed by atoms with E-state index in [1.807, 2.05) is 20.8 Å². The number of benzene rings is 2. The third-order valence-corrected chi connectivity index (χ3v) is 7.47. The fourth-order valence-electron chi connectivity index (χ4n) is 4.52. The molecule has 0 unspecified atom stereocenters. The Morgan fingerprint density at radius 1 is 0.482 bits per heavy atom. The van der Waals surface area contributed by atoms with Crippen LogP contribution in [-0.4, -0.2) is 74.5 Å². The van der Waals surface area contributed by atoms with E-state index < -0.39 is 36.8 Å². The first-order valence-corrected chi connectivity index (χ1v) is 18.9. The predicted octanol–water partition coefficient (Wildman–Crippen LogP) is 8.77. The fourth-order valence-corrected chi connectivity index (χ4v) is 4.52. The van der Waals surface area contributed by atoms with Gasteiger partial charge < -0.3 is 42.6 Å². The van der Waals surface area contributed by atoms with Crippen molar-refractivity contribution in [3.63, 3.8) is 0 Å². The third kappa shape index (κ3) is 20.7. The maximum Gasteiger partial charge on any atom is 0.514 e.